The first-order valence-electron chi connectivity index (χ1n) is 10.1. The normalized spacial score (nSPS) is 15.6. The van der Waals surface area contributed by atoms with E-state index in [1.807, 2.05) is 4.57 Å². The Hall–Kier alpha value is -2.62. The van der Waals surface area contributed by atoms with E-state index in [9.17, 15) is 4.79 Å². The molecule has 0 amide bonds. The highest BCUT2D eigenvalue weighted by atomic mass is 16.5. The van der Waals surface area contributed by atoms with E-state index in [0.717, 1.165) is 45.3 Å². The summed E-state index contributed by atoms with van der Waals surface area (Å²) < 4.78 is 17.8. The van der Waals surface area contributed by atoms with Crippen molar-refractivity contribution in [3.63, 3.8) is 0 Å². The number of nitrogen functional groups attached to an aromatic ring is 1. The standard InChI is InChI=1S/C19H30N6O4/c1-4-5-12-29-18-22-15(20)14-16(23-18)25(19(21-14)28-3)11-10-24-8-6-13(7-9-24)17(26)27-2/h13H,4-12H2,1-3H3,(H2,20,22,23). The van der Waals surface area contributed by atoms with Gasteiger partial charge in [-0.2, -0.15) is 15.0 Å². The number of carbonyl (C=O) groups is 1. The molecule has 0 spiro atoms. The number of nitrogens with zero attached hydrogens (tertiary/aromatic N) is 5. The van der Waals surface area contributed by atoms with E-state index in [2.05, 4.69) is 26.8 Å². The minimum atomic E-state index is -0.116. The van der Waals surface area contributed by atoms with Gasteiger partial charge in [-0.05, 0) is 32.4 Å². The molecule has 10 heteroatoms. The maximum Gasteiger partial charge on any atom is 0.320 e. The lowest BCUT2D eigenvalue weighted by atomic mass is 9.97. The molecule has 1 fully saturated rings. The fourth-order valence-corrected chi connectivity index (χ4v) is 3.51. The van der Waals surface area contributed by atoms with Gasteiger partial charge in [0.15, 0.2) is 17.0 Å². The van der Waals surface area contributed by atoms with Crippen LogP contribution in [0, 0.1) is 5.92 Å². The van der Waals surface area contributed by atoms with Crippen molar-refractivity contribution in [3.05, 3.63) is 0 Å². The maximum atomic E-state index is 11.7. The van der Waals surface area contributed by atoms with Crippen LogP contribution in [0.25, 0.3) is 11.2 Å². The van der Waals surface area contributed by atoms with E-state index >= 15 is 0 Å². The predicted octanol–water partition coefficient (Wildman–Crippen LogP) is 1.48. The minimum Gasteiger partial charge on any atom is -0.469 e. The second-order valence-corrected chi connectivity index (χ2v) is 7.15. The van der Waals surface area contributed by atoms with Crippen molar-refractivity contribution in [2.45, 2.75) is 39.2 Å². The summed E-state index contributed by atoms with van der Waals surface area (Å²) in [6.45, 7) is 5.74. The van der Waals surface area contributed by atoms with Crippen LogP contribution in [0.2, 0.25) is 0 Å². The van der Waals surface area contributed by atoms with E-state index < -0.39 is 0 Å². The number of fused-ring (bicyclic) bond motifs is 1. The van der Waals surface area contributed by atoms with Gasteiger partial charge in [-0.3, -0.25) is 9.36 Å². The quantitative estimate of drug-likeness (QED) is 0.488. The zero-order valence-electron chi connectivity index (χ0n) is 17.4. The van der Waals surface area contributed by atoms with Gasteiger partial charge in [-0.15, -0.1) is 0 Å². The van der Waals surface area contributed by atoms with Crippen LogP contribution in [-0.2, 0) is 16.1 Å². The molecule has 0 atom stereocenters. The molecule has 0 unspecified atom stereocenters. The number of likely N-dealkylation sites (tertiary alicyclic amines) is 1. The van der Waals surface area contributed by atoms with Gasteiger partial charge in [-0.1, -0.05) is 13.3 Å². The Kier molecular flexibility index (Phi) is 7.08. The number of anilines is 1. The molecular weight excluding hydrogens is 376 g/mol. The number of rotatable bonds is 9. The summed E-state index contributed by atoms with van der Waals surface area (Å²) in [5, 5.41) is 0. The topological polar surface area (TPSA) is 118 Å². The largest absolute Gasteiger partial charge is 0.469 e. The third-order valence-electron chi connectivity index (χ3n) is 5.24. The SMILES string of the molecule is CCCCOc1nc(N)c2nc(OC)n(CCN3CCC(C(=O)OC)CC3)c2n1. The fraction of sp³-hybridized carbons (Fsp3) is 0.684. The van der Waals surface area contributed by atoms with Crippen LogP contribution in [0.3, 0.4) is 0 Å². The Labute approximate surface area is 170 Å². The fourth-order valence-electron chi connectivity index (χ4n) is 3.51. The van der Waals surface area contributed by atoms with Gasteiger partial charge in [0, 0.05) is 13.1 Å². The van der Waals surface area contributed by atoms with E-state index in [4.69, 9.17) is 19.9 Å². The average molecular weight is 406 g/mol. The minimum absolute atomic E-state index is 0.00442. The summed E-state index contributed by atoms with van der Waals surface area (Å²) in [6.07, 6.45) is 3.56. The molecular formula is C19H30N6O4. The second-order valence-electron chi connectivity index (χ2n) is 7.15. The van der Waals surface area contributed by atoms with Crippen LogP contribution >= 0.6 is 0 Å². The lowest BCUT2D eigenvalue weighted by molar-refractivity contribution is -0.147. The highest BCUT2D eigenvalue weighted by Gasteiger charge is 2.26. The number of ether oxygens (including phenoxy) is 3. The van der Waals surface area contributed by atoms with Gasteiger partial charge in [0.1, 0.15) is 0 Å². The van der Waals surface area contributed by atoms with Crippen LogP contribution in [0.4, 0.5) is 5.82 Å². The summed E-state index contributed by atoms with van der Waals surface area (Å²) in [4.78, 5) is 27.2. The Morgan fingerprint density at radius 1 is 1.17 bits per heavy atom. The molecule has 0 saturated carbocycles. The number of aromatic nitrogens is 4. The van der Waals surface area contributed by atoms with Gasteiger partial charge in [0.2, 0.25) is 0 Å². The number of unbranched alkanes of at least 4 members (excludes halogenated alkanes) is 1. The molecule has 10 nitrogen and oxygen atoms in total. The van der Waals surface area contributed by atoms with Crippen LogP contribution < -0.4 is 15.2 Å². The van der Waals surface area contributed by atoms with Crippen molar-refractivity contribution in [1.82, 2.24) is 24.4 Å². The Morgan fingerprint density at radius 2 is 1.93 bits per heavy atom. The molecule has 1 aliphatic heterocycles. The summed E-state index contributed by atoms with van der Waals surface area (Å²) >= 11 is 0. The summed E-state index contributed by atoms with van der Waals surface area (Å²) in [5.74, 6) is 0.155. The van der Waals surface area contributed by atoms with Gasteiger partial charge < -0.3 is 24.8 Å². The molecule has 0 bridgehead atoms. The highest BCUT2D eigenvalue weighted by Crippen LogP contribution is 2.26. The number of methoxy groups -OCH3 is 2. The van der Waals surface area contributed by atoms with Crippen molar-refractivity contribution >= 4 is 23.0 Å². The molecule has 1 aliphatic rings. The number of hydrogen-bond acceptors (Lipinski definition) is 9. The highest BCUT2D eigenvalue weighted by molar-refractivity contribution is 5.83. The second kappa shape index (κ2) is 9.73. The predicted molar refractivity (Wildman–Crippen MR) is 108 cm³/mol. The molecule has 160 valence electrons. The molecule has 0 aliphatic carbocycles. The number of hydrogen-bond donors (Lipinski definition) is 1. The van der Waals surface area contributed by atoms with E-state index in [1.165, 1.54) is 7.11 Å². The van der Waals surface area contributed by atoms with Gasteiger partial charge in [0.25, 0.3) is 6.01 Å². The Bertz CT molecular complexity index is 832. The van der Waals surface area contributed by atoms with Crippen molar-refractivity contribution < 1.29 is 19.0 Å². The lowest BCUT2D eigenvalue weighted by Crippen LogP contribution is -2.38. The molecule has 2 N–H and O–H groups in total. The number of nitrogens with two attached hydrogens (primary N) is 1. The number of esters is 1. The molecule has 2 aromatic rings. The number of piperidine rings is 1. The maximum absolute atomic E-state index is 11.7. The van der Waals surface area contributed by atoms with Crippen molar-refractivity contribution in [3.8, 4) is 12.0 Å². The number of imidazole rings is 1. The zero-order chi connectivity index (χ0) is 20.8. The van der Waals surface area contributed by atoms with Crippen LogP contribution in [-0.4, -0.2) is 70.8 Å². The first-order chi connectivity index (χ1) is 14.1. The van der Waals surface area contributed by atoms with Crippen molar-refractivity contribution in [2.75, 3.05) is 46.2 Å². The average Bonchev–Trinajstić information content (AvgIpc) is 3.10. The summed E-state index contributed by atoms with van der Waals surface area (Å²) in [5.41, 5.74) is 7.19. The summed E-state index contributed by atoms with van der Waals surface area (Å²) in [7, 11) is 3.01. The van der Waals surface area contributed by atoms with Gasteiger partial charge in [0.05, 0.1) is 26.7 Å². The number of carbonyl (C=O) groups excluding carboxylic acids is 1. The third-order valence-corrected chi connectivity index (χ3v) is 5.24. The summed E-state index contributed by atoms with van der Waals surface area (Å²) in [6, 6.07) is 0.697. The molecule has 3 rings (SSSR count). The zero-order valence-corrected chi connectivity index (χ0v) is 17.4. The van der Waals surface area contributed by atoms with Crippen molar-refractivity contribution in [1.29, 1.82) is 0 Å². The molecule has 0 aromatic carbocycles. The van der Waals surface area contributed by atoms with Crippen LogP contribution in [0.5, 0.6) is 12.0 Å². The molecule has 3 heterocycles. The van der Waals surface area contributed by atoms with Gasteiger partial charge >= 0.3 is 12.0 Å². The molecule has 2 aromatic heterocycles. The van der Waals surface area contributed by atoms with E-state index in [1.54, 1.807) is 7.11 Å². The van der Waals surface area contributed by atoms with Crippen LogP contribution in [0.15, 0.2) is 0 Å². The van der Waals surface area contributed by atoms with E-state index in [-0.39, 0.29) is 23.7 Å². The molecule has 1 saturated heterocycles. The Balaban J connectivity index is 1.71. The third kappa shape index (κ3) is 4.87. The Morgan fingerprint density at radius 3 is 2.59 bits per heavy atom. The lowest BCUT2D eigenvalue weighted by Gasteiger charge is -2.30. The van der Waals surface area contributed by atoms with Crippen LogP contribution in [0.1, 0.15) is 32.6 Å². The first-order valence-corrected chi connectivity index (χ1v) is 10.1. The smallest absolute Gasteiger partial charge is 0.320 e. The van der Waals surface area contributed by atoms with Crippen molar-refractivity contribution in [2.24, 2.45) is 5.92 Å². The van der Waals surface area contributed by atoms with E-state index in [0.29, 0.717) is 30.3 Å². The molecule has 29 heavy (non-hydrogen) atoms. The van der Waals surface area contributed by atoms with Gasteiger partial charge in [-0.25, -0.2) is 0 Å². The molecule has 0 radical (unpaired) electrons. The first kappa shape index (κ1) is 21.1. The monoisotopic (exact) mass is 406 g/mol.